The zero-order valence-corrected chi connectivity index (χ0v) is 11.8. The number of rotatable bonds is 2. The fourth-order valence-electron chi connectivity index (χ4n) is 1.68. The Morgan fingerprint density at radius 2 is 2.11 bits per heavy atom. The first-order chi connectivity index (χ1) is 8.35. The summed E-state index contributed by atoms with van der Waals surface area (Å²) in [7, 11) is 0. The molecule has 1 aromatic carbocycles. The Labute approximate surface area is 112 Å². The minimum atomic E-state index is -1.14. The van der Waals surface area contributed by atoms with E-state index in [1.165, 1.54) is 0 Å². The van der Waals surface area contributed by atoms with Gasteiger partial charge in [-0.2, -0.15) is 0 Å². The molecule has 0 saturated heterocycles. The van der Waals surface area contributed by atoms with Crippen molar-refractivity contribution in [1.82, 2.24) is 0 Å². The topological polar surface area (TPSA) is 44.8 Å². The maximum atomic E-state index is 13.7. The van der Waals surface area contributed by atoms with Gasteiger partial charge in [-0.25, -0.2) is 9.18 Å². The molecule has 0 radical (unpaired) electrons. The van der Waals surface area contributed by atoms with Crippen LogP contribution in [-0.2, 0) is 4.74 Å². The highest BCUT2D eigenvalue weighted by atomic mass is 79.9. The summed E-state index contributed by atoms with van der Waals surface area (Å²) in [4.78, 5) is 11.9. The van der Waals surface area contributed by atoms with Gasteiger partial charge in [-0.3, -0.25) is 0 Å². The van der Waals surface area contributed by atoms with Crippen molar-refractivity contribution in [2.45, 2.75) is 26.6 Å². The van der Waals surface area contributed by atoms with E-state index in [1.54, 1.807) is 20.8 Å². The van der Waals surface area contributed by atoms with E-state index in [-0.39, 0.29) is 21.5 Å². The van der Waals surface area contributed by atoms with Crippen LogP contribution in [0.4, 0.5) is 4.39 Å². The normalized spacial score (nSPS) is 16.6. The van der Waals surface area contributed by atoms with E-state index >= 15 is 0 Å². The van der Waals surface area contributed by atoms with E-state index in [0.717, 1.165) is 6.07 Å². The van der Waals surface area contributed by atoms with Crippen LogP contribution in [0.2, 0.25) is 0 Å². The van der Waals surface area contributed by atoms with Crippen molar-refractivity contribution in [2.24, 2.45) is 0 Å². The summed E-state index contributed by atoms with van der Waals surface area (Å²) in [5, 5.41) is 0. The molecule has 2 rings (SSSR count). The third kappa shape index (κ3) is 2.16. The number of halogens is 2. The van der Waals surface area contributed by atoms with Gasteiger partial charge < -0.3 is 14.2 Å². The van der Waals surface area contributed by atoms with Crippen LogP contribution in [-0.4, -0.2) is 18.4 Å². The molecule has 0 amide bonds. The van der Waals surface area contributed by atoms with Crippen molar-refractivity contribution >= 4 is 21.9 Å². The van der Waals surface area contributed by atoms with Crippen LogP contribution in [0.25, 0.3) is 0 Å². The van der Waals surface area contributed by atoms with E-state index in [4.69, 9.17) is 14.2 Å². The molecule has 0 saturated carbocycles. The van der Waals surface area contributed by atoms with Crippen LogP contribution in [0.5, 0.6) is 11.5 Å². The van der Waals surface area contributed by atoms with Crippen LogP contribution >= 0.6 is 15.9 Å². The number of cyclic esters (lactones) is 1. The van der Waals surface area contributed by atoms with Crippen LogP contribution in [0.15, 0.2) is 10.5 Å². The summed E-state index contributed by atoms with van der Waals surface area (Å²) >= 11 is 3.07. The molecule has 0 N–H and O–H groups in total. The maximum Gasteiger partial charge on any atom is 0.349 e. The number of hydrogen-bond donors (Lipinski definition) is 0. The van der Waals surface area contributed by atoms with Crippen molar-refractivity contribution in [3.05, 3.63) is 21.9 Å². The molecule has 4 nitrogen and oxygen atoms in total. The van der Waals surface area contributed by atoms with E-state index < -0.39 is 17.6 Å². The summed E-state index contributed by atoms with van der Waals surface area (Å²) in [6, 6.07) is 1.13. The molecule has 0 aliphatic carbocycles. The molecule has 0 atom stereocenters. The molecule has 6 heteroatoms. The Balaban J connectivity index is 2.64. The third-order valence-corrected chi connectivity index (χ3v) is 3.07. The molecule has 1 heterocycles. The van der Waals surface area contributed by atoms with Crippen LogP contribution in [0.3, 0.4) is 0 Å². The Kier molecular flexibility index (Phi) is 3.23. The molecule has 98 valence electrons. The van der Waals surface area contributed by atoms with Crippen molar-refractivity contribution in [2.75, 3.05) is 6.61 Å². The molecule has 0 fully saturated rings. The van der Waals surface area contributed by atoms with Gasteiger partial charge in [-0.15, -0.1) is 0 Å². The molecule has 0 unspecified atom stereocenters. The maximum absolute atomic E-state index is 13.7. The second-order valence-corrected chi connectivity index (χ2v) is 4.99. The Bertz CT molecular complexity index is 513. The number of benzene rings is 1. The Morgan fingerprint density at radius 1 is 1.44 bits per heavy atom. The van der Waals surface area contributed by atoms with Gasteiger partial charge in [-0.1, -0.05) is 0 Å². The number of ether oxygens (including phenoxy) is 3. The molecular weight excluding hydrogens is 307 g/mol. The highest BCUT2D eigenvalue weighted by molar-refractivity contribution is 9.10. The predicted molar refractivity (Wildman–Crippen MR) is 65.4 cm³/mol. The van der Waals surface area contributed by atoms with E-state index in [0.29, 0.717) is 6.61 Å². The minimum absolute atomic E-state index is 0.0886. The lowest BCUT2D eigenvalue weighted by Gasteiger charge is -2.32. The summed E-state index contributed by atoms with van der Waals surface area (Å²) in [6.07, 6.45) is 0. The largest absolute Gasteiger partial charge is 0.493 e. The fourth-order valence-corrected chi connectivity index (χ4v) is 2.07. The molecule has 1 aromatic rings. The number of hydrogen-bond acceptors (Lipinski definition) is 4. The van der Waals surface area contributed by atoms with Crippen LogP contribution in [0, 0.1) is 5.82 Å². The monoisotopic (exact) mass is 318 g/mol. The predicted octanol–water partition coefficient (Wildman–Crippen LogP) is 3.27. The molecule has 1 aliphatic rings. The zero-order chi connectivity index (χ0) is 13.5. The highest BCUT2D eigenvalue weighted by Gasteiger charge is 2.38. The lowest BCUT2D eigenvalue weighted by molar-refractivity contribution is -0.128. The summed E-state index contributed by atoms with van der Waals surface area (Å²) < 4.78 is 29.6. The third-order valence-electron chi connectivity index (χ3n) is 2.33. The second-order valence-electron chi connectivity index (χ2n) is 4.20. The lowest BCUT2D eigenvalue weighted by atomic mass is 10.1. The molecular formula is C12H12BrFO4. The standard InChI is InChI=1S/C12H12BrFO4/c1-4-16-7-5-6(14)9(13)10-8(7)11(15)18-12(2,3)17-10/h5H,4H2,1-3H3. The fraction of sp³-hybridized carbons (Fsp3) is 0.417. The van der Waals surface area contributed by atoms with E-state index in [2.05, 4.69) is 15.9 Å². The van der Waals surface area contributed by atoms with Gasteiger partial charge in [0.25, 0.3) is 0 Å². The second kappa shape index (κ2) is 4.42. The Morgan fingerprint density at radius 3 is 2.72 bits per heavy atom. The first-order valence-electron chi connectivity index (χ1n) is 5.43. The van der Waals surface area contributed by atoms with Gasteiger partial charge in [0.15, 0.2) is 5.75 Å². The number of carbonyl (C=O) groups excluding carboxylic acids is 1. The van der Waals surface area contributed by atoms with E-state index in [1.807, 2.05) is 0 Å². The average Bonchev–Trinajstić information content (AvgIpc) is 2.23. The van der Waals surface area contributed by atoms with Gasteiger partial charge in [-0.05, 0) is 22.9 Å². The van der Waals surface area contributed by atoms with Crippen molar-refractivity contribution < 1.29 is 23.4 Å². The lowest BCUT2D eigenvalue weighted by Crippen LogP contribution is -2.39. The van der Waals surface area contributed by atoms with Crippen molar-refractivity contribution in [3.63, 3.8) is 0 Å². The first kappa shape index (κ1) is 13.1. The number of fused-ring (bicyclic) bond motifs is 1. The van der Waals surface area contributed by atoms with Crippen molar-refractivity contribution in [3.8, 4) is 11.5 Å². The summed E-state index contributed by atoms with van der Waals surface area (Å²) in [5.41, 5.74) is 0.101. The van der Waals surface area contributed by atoms with E-state index in [9.17, 15) is 9.18 Å². The van der Waals surface area contributed by atoms with Gasteiger partial charge in [0, 0.05) is 19.9 Å². The summed E-state index contributed by atoms with van der Waals surface area (Å²) in [6.45, 7) is 5.20. The highest BCUT2D eigenvalue weighted by Crippen LogP contribution is 2.43. The number of esters is 1. The smallest absolute Gasteiger partial charge is 0.349 e. The van der Waals surface area contributed by atoms with Crippen LogP contribution in [0.1, 0.15) is 31.1 Å². The average molecular weight is 319 g/mol. The quantitative estimate of drug-likeness (QED) is 0.785. The molecule has 0 spiro atoms. The summed E-state index contributed by atoms with van der Waals surface area (Å²) in [5.74, 6) is -2.05. The molecule has 0 bridgehead atoms. The van der Waals surface area contributed by atoms with Crippen LogP contribution < -0.4 is 9.47 Å². The molecule has 0 aromatic heterocycles. The zero-order valence-electron chi connectivity index (χ0n) is 10.2. The minimum Gasteiger partial charge on any atom is -0.493 e. The SMILES string of the molecule is CCOc1cc(F)c(Br)c2c1C(=O)OC(C)(C)O2. The van der Waals surface area contributed by atoms with Gasteiger partial charge >= 0.3 is 5.97 Å². The molecule has 18 heavy (non-hydrogen) atoms. The van der Waals surface area contributed by atoms with Gasteiger partial charge in [0.2, 0.25) is 5.79 Å². The first-order valence-corrected chi connectivity index (χ1v) is 6.22. The molecule has 1 aliphatic heterocycles. The number of carbonyl (C=O) groups is 1. The van der Waals surface area contributed by atoms with Gasteiger partial charge in [0.05, 0.1) is 11.1 Å². The Hall–Kier alpha value is -1.30. The van der Waals surface area contributed by atoms with Gasteiger partial charge in [0.1, 0.15) is 17.1 Å². The van der Waals surface area contributed by atoms with Crippen molar-refractivity contribution in [1.29, 1.82) is 0 Å².